The molecule has 0 radical (unpaired) electrons. The van der Waals surface area contributed by atoms with E-state index in [2.05, 4.69) is 4.98 Å². The highest BCUT2D eigenvalue weighted by Crippen LogP contribution is 2.19. The van der Waals surface area contributed by atoms with Crippen LogP contribution in [0.5, 0.6) is 5.75 Å². The first kappa shape index (κ1) is 14.2. The van der Waals surface area contributed by atoms with E-state index in [0.717, 1.165) is 23.2 Å². The normalized spacial score (nSPS) is 10.7. The zero-order chi connectivity index (χ0) is 13.7. The van der Waals surface area contributed by atoms with Crippen LogP contribution in [0, 0.1) is 11.6 Å². The van der Waals surface area contributed by atoms with Gasteiger partial charge in [-0.15, -0.1) is 22.9 Å². The molecular formula is C13H12ClF2NOS. The first-order valence-corrected chi connectivity index (χ1v) is 7.18. The number of ether oxygens (including phenoxy) is 1. The molecule has 1 aromatic heterocycles. The molecule has 0 aliphatic heterocycles. The van der Waals surface area contributed by atoms with Gasteiger partial charge in [-0.05, 0) is 18.6 Å². The van der Waals surface area contributed by atoms with Crippen LogP contribution in [-0.2, 0) is 12.3 Å². The second-order valence-corrected chi connectivity index (χ2v) is 5.08. The van der Waals surface area contributed by atoms with Crippen molar-refractivity contribution in [1.29, 1.82) is 0 Å². The number of aryl methyl sites for hydroxylation is 1. The zero-order valence-electron chi connectivity index (χ0n) is 10.0. The predicted octanol–water partition coefficient (Wildman–Crippen LogP) is 4.17. The summed E-state index contributed by atoms with van der Waals surface area (Å²) in [4.78, 5) is 4.30. The minimum absolute atomic E-state index is 0.0550. The largest absolute Gasteiger partial charge is 0.490 e. The number of halogens is 3. The van der Waals surface area contributed by atoms with E-state index in [-0.39, 0.29) is 5.75 Å². The van der Waals surface area contributed by atoms with Gasteiger partial charge < -0.3 is 4.74 Å². The molecule has 0 saturated carbocycles. The van der Waals surface area contributed by atoms with Gasteiger partial charge >= 0.3 is 0 Å². The molecule has 0 N–H and O–H groups in total. The quantitative estimate of drug-likeness (QED) is 0.590. The van der Waals surface area contributed by atoms with Gasteiger partial charge in [0.15, 0.2) is 11.6 Å². The highest BCUT2D eigenvalue weighted by atomic mass is 35.5. The van der Waals surface area contributed by atoms with Crippen LogP contribution in [0.1, 0.15) is 17.1 Å². The van der Waals surface area contributed by atoms with Crippen molar-refractivity contribution in [3.63, 3.8) is 0 Å². The summed E-state index contributed by atoms with van der Waals surface area (Å²) in [5.41, 5.74) is 0.860. The van der Waals surface area contributed by atoms with Gasteiger partial charge in [0.05, 0.1) is 23.2 Å². The van der Waals surface area contributed by atoms with E-state index < -0.39 is 11.6 Å². The Bertz CT molecular complexity index is 547. The lowest BCUT2D eigenvalue weighted by atomic mass is 10.3. The van der Waals surface area contributed by atoms with Crippen LogP contribution in [0.2, 0.25) is 0 Å². The molecule has 1 heterocycles. The molecule has 2 aromatic rings. The maximum atomic E-state index is 13.3. The van der Waals surface area contributed by atoms with E-state index in [1.54, 1.807) is 11.3 Å². The molecule has 102 valence electrons. The summed E-state index contributed by atoms with van der Waals surface area (Å²) in [7, 11) is 0. The second-order valence-electron chi connectivity index (χ2n) is 3.87. The summed E-state index contributed by atoms with van der Waals surface area (Å²) in [5, 5.41) is 2.88. The summed E-state index contributed by atoms with van der Waals surface area (Å²) in [5.74, 6) is -1.49. The van der Waals surface area contributed by atoms with Gasteiger partial charge in [0.2, 0.25) is 5.82 Å². The summed E-state index contributed by atoms with van der Waals surface area (Å²) in [6, 6.07) is 3.89. The Balaban J connectivity index is 1.79. The minimum Gasteiger partial charge on any atom is -0.490 e. The van der Waals surface area contributed by atoms with Gasteiger partial charge in [-0.1, -0.05) is 6.07 Å². The number of thiazole rings is 1. The summed E-state index contributed by atoms with van der Waals surface area (Å²) in [6.45, 7) is 0.316. The third-order valence-corrected chi connectivity index (χ3v) is 3.68. The van der Waals surface area contributed by atoms with Gasteiger partial charge in [0.25, 0.3) is 0 Å². The van der Waals surface area contributed by atoms with Gasteiger partial charge in [0, 0.05) is 11.8 Å². The molecule has 0 spiro atoms. The maximum absolute atomic E-state index is 13.3. The van der Waals surface area contributed by atoms with Gasteiger partial charge in [-0.25, -0.2) is 9.37 Å². The van der Waals surface area contributed by atoms with Crippen molar-refractivity contribution in [2.75, 3.05) is 6.61 Å². The molecule has 19 heavy (non-hydrogen) atoms. The number of alkyl halides is 1. The Labute approximate surface area is 119 Å². The number of aromatic nitrogens is 1. The van der Waals surface area contributed by atoms with E-state index >= 15 is 0 Å². The molecule has 0 unspecified atom stereocenters. The standard InChI is InChI=1S/C13H12ClF2NOS/c14-7-9-8-19-12(17-9)5-2-6-18-11-4-1-3-10(15)13(11)16/h1,3-4,8H,2,5-7H2. The van der Waals surface area contributed by atoms with Crippen molar-refractivity contribution in [3.8, 4) is 5.75 Å². The fraction of sp³-hybridized carbons (Fsp3) is 0.308. The molecule has 2 nitrogen and oxygen atoms in total. The SMILES string of the molecule is Fc1cccc(OCCCc2nc(CCl)cs2)c1F. The molecule has 0 amide bonds. The highest BCUT2D eigenvalue weighted by molar-refractivity contribution is 7.09. The minimum atomic E-state index is -0.943. The van der Waals surface area contributed by atoms with Crippen LogP contribution in [0.15, 0.2) is 23.6 Å². The molecule has 0 bridgehead atoms. The lowest BCUT2D eigenvalue weighted by molar-refractivity contribution is 0.290. The van der Waals surface area contributed by atoms with Crippen LogP contribution in [0.4, 0.5) is 8.78 Å². The fourth-order valence-corrected chi connectivity index (χ4v) is 2.59. The van der Waals surface area contributed by atoms with E-state index in [1.165, 1.54) is 12.1 Å². The van der Waals surface area contributed by atoms with Crippen LogP contribution < -0.4 is 4.74 Å². The predicted molar refractivity (Wildman–Crippen MR) is 71.8 cm³/mol. The first-order valence-electron chi connectivity index (χ1n) is 5.76. The molecule has 0 atom stereocenters. The van der Waals surface area contributed by atoms with Gasteiger partial charge in [-0.3, -0.25) is 0 Å². The first-order chi connectivity index (χ1) is 9.20. The zero-order valence-corrected chi connectivity index (χ0v) is 11.6. The van der Waals surface area contributed by atoms with E-state index in [0.29, 0.717) is 18.9 Å². The molecule has 0 aliphatic rings. The maximum Gasteiger partial charge on any atom is 0.200 e. The van der Waals surface area contributed by atoms with E-state index in [1.807, 2.05) is 5.38 Å². The monoisotopic (exact) mass is 303 g/mol. The van der Waals surface area contributed by atoms with Crippen molar-refractivity contribution in [3.05, 3.63) is 45.9 Å². The number of hydrogen-bond acceptors (Lipinski definition) is 3. The molecular weight excluding hydrogens is 292 g/mol. The summed E-state index contributed by atoms with van der Waals surface area (Å²) in [6.07, 6.45) is 1.42. The third-order valence-electron chi connectivity index (χ3n) is 2.44. The molecule has 0 fully saturated rings. The van der Waals surface area contributed by atoms with E-state index in [4.69, 9.17) is 16.3 Å². The Morgan fingerprint density at radius 2 is 2.16 bits per heavy atom. The smallest absolute Gasteiger partial charge is 0.200 e. The van der Waals surface area contributed by atoms with E-state index in [9.17, 15) is 8.78 Å². The Morgan fingerprint density at radius 1 is 1.32 bits per heavy atom. The topological polar surface area (TPSA) is 22.1 Å². The molecule has 0 aliphatic carbocycles. The fourth-order valence-electron chi connectivity index (χ4n) is 1.53. The van der Waals surface area contributed by atoms with Gasteiger partial charge in [-0.2, -0.15) is 4.39 Å². The number of hydrogen-bond donors (Lipinski definition) is 0. The summed E-state index contributed by atoms with van der Waals surface area (Å²) >= 11 is 7.20. The van der Waals surface area contributed by atoms with Crippen LogP contribution in [0.3, 0.4) is 0 Å². The highest BCUT2D eigenvalue weighted by Gasteiger charge is 2.08. The Kier molecular flexibility index (Phi) is 5.10. The van der Waals surface area contributed by atoms with Crippen LogP contribution in [0.25, 0.3) is 0 Å². The van der Waals surface area contributed by atoms with Crippen molar-refractivity contribution >= 4 is 22.9 Å². The summed E-state index contributed by atoms with van der Waals surface area (Å²) < 4.78 is 31.4. The van der Waals surface area contributed by atoms with Crippen molar-refractivity contribution < 1.29 is 13.5 Å². The second kappa shape index (κ2) is 6.82. The van der Waals surface area contributed by atoms with Crippen molar-refractivity contribution in [2.45, 2.75) is 18.7 Å². The average molecular weight is 304 g/mol. The Hall–Kier alpha value is -1.20. The molecule has 0 saturated heterocycles. The lowest BCUT2D eigenvalue weighted by Gasteiger charge is -2.06. The van der Waals surface area contributed by atoms with Crippen molar-refractivity contribution in [2.24, 2.45) is 0 Å². The lowest BCUT2D eigenvalue weighted by Crippen LogP contribution is -2.02. The average Bonchev–Trinajstić information content (AvgIpc) is 2.87. The number of rotatable bonds is 6. The van der Waals surface area contributed by atoms with Crippen LogP contribution >= 0.6 is 22.9 Å². The van der Waals surface area contributed by atoms with Gasteiger partial charge in [0.1, 0.15) is 0 Å². The van der Waals surface area contributed by atoms with Crippen LogP contribution in [-0.4, -0.2) is 11.6 Å². The molecule has 2 rings (SSSR count). The Morgan fingerprint density at radius 3 is 2.89 bits per heavy atom. The van der Waals surface area contributed by atoms with Crippen molar-refractivity contribution in [1.82, 2.24) is 4.98 Å². The molecule has 6 heteroatoms. The molecule has 1 aromatic carbocycles. The number of benzene rings is 1. The third kappa shape index (κ3) is 3.88. The number of nitrogens with zero attached hydrogens (tertiary/aromatic N) is 1.